The van der Waals surface area contributed by atoms with Crippen LogP contribution in [0.4, 0.5) is 22.1 Å². The van der Waals surface area contributed by atoms with E-state index < -0.39 is 0 Å². The van der Waals surface area contributed by atoms with Gasteiger partial charge in [-0.05, 0) is 57.4 Å². The summed E-state index contributed by atoms with van der Waals surface area (Å²) in [6.45, 7) is 7.89. The van der Waals surface area contributed by atoms with Crippen LogP contribution in [0.1, 0.15) is 41.5 Å². The van der Waals surface area contributed by atoms with Crippen molar-refractivity contribution in [2.24, 2.45) is 0 Å². The number of urea groups is 1. The molecule has 1 unspecified atom stereocenters. The summed E-state index contributed by atoms with van der Waals surface area (Å²) in [5, 5.41) is 13.6. The van der Waals surface area contributed by atoms with Crippen LogP contribution in [-0.4, -0.2) is 57.8 Å². The number of pyridine rings is 2. The maximum absolute atomic E-state index is 13.5. The van der Waals surface area contributed by atoms with E-state index in [1.54, 1.807) is 11.0 Å². The summed E-state index contributed by atoms with van der Waals surface area (Å²) >= 11 is 0. The van der Waals surface area contributed by atoms with E-state index in [4.69, 9.17) is 0 Å². The van der Waals surface area contributed by atoms with Gasteiger partial charge in [0.25, 0.3) is 5.91 Å². The van der Waals surface area contributed by atoms with E-state index in [-0.39, 0.29) is 18.0 Å². The number of anilines is 3. The fourth-order valence-corrected chi connectivity index (χ4v) is 4.64. The molecule has 3 aromatic heterocycles. The third-order valence-electron chi connectivity index (χ3n) is 6.05. The quantitative estimate of drug-likeness (QED) is 0.583. The molecule has 0 aromatic carbocycles. The van der Waals surface area contributed by atoms with Crippen molar-refractivity contribution in [1.82, 2.24) is 25.5 Å². The maximum atomic E-state index is 13.5. The van der Waals surface area contributed by atoms with Crippen molar-refractivity contribution in [3.05, 3.63) is 35.2 Å². The number of rotatable bonds is 3. The van der Waals surface area contributed by atoms with Crippen molar-refractivity contribution >= 4 is 40.3 Å². The minimum absolute atomic E-state index is 0.0294. The summed E-state index contributed by atoms with van der Waals surface area (Å²) in [4.78, 5) is 39.1. The second-order valence-corrected chi connectivity index (χ2v) is 8.32. The smallest absolute Gasteiger partial charge is 0.329 e. The fourth-order valence-electron chi connectivity index (χ4n) is 4.64. The number of carbonyl (C=O) groups is 2. The summed E-state index contributed by atoms with van der Waals surface area (Å²) in [5.41, 5.74) is 3.64. The van der Waals surface area contributed by atoms with Crippen LogP contribution in [0.25, 0.3) is 11.0 Å². The average Bonchev–Trinajstić information content (AvgIpc) is 3.15. The van der Waals surface area contributed by atoms with Crippen LogP contribution in [-0.2, 0) is 0 Å². The highest BCUT2D eigenvalue weighted by atomic mass is 16.2. The van der Waals surface area contributed by atoms with Crippen molar-refractivity contribution in [3.63, 3.8) is 0 Å². The molecular weight excluding hydrogens is 408 g/mol. The molecule has 2 aliphatic rings. The molecule has 0 radical (unpaired) electrons. The van der Waals surface area contributed by atoms with Crippen LogP contribution < -0.4 is 20.4 Å². The van der Waals surface area contributed by atoms with Gasteiger partial charge in [0.1, 0.15) is 5.69 Å². The summed E-state index contributed by atoms with van der Waals surface area (Å²) in [6, 6.07) is 5.22. The van der Waals surface area contributed by atoms with E-state index in [2.05, 4.69) is 35.7 Å². The molecule has 10 heteroatoms. The SMILES string of the molecule is CCNC(=O)c1cc(C)c2c(n1)N(C(=O)Nc1n[nH]c3nc(C)ccc13)C1CCCN2C1. The van der Waals surface area contributed by atoms with Crippen LogP contribution in [0.2, 0.25) is 0 Å². The number of nitrogens with one attached hydrogen (secondary N) is 3. The lowest BCUT2D eigenvalue weighted by Crippen LogP contribution is -2.56. The Kier molecular flexibility index (Phi) is 4.91. The first-order valence-corrected chi connectivity index (χ1v) is 10.9. The van der Waals surface area contributed by atoms with Crippen molar-refractivity contribution in [1.29, 1.82) is 0 Å². The Labute approximate surface area is 185 Å². The van der Waals surface area contributed by atoms with Crippen LogP contribution in [0.15, 0.2) is 18.2 Å². The van der Waals surface area contributed by atoms with E-state index in [0.29, 0.717) is 29.5 Å². The van der Waals surface area contributed by atoms with E-state index in [9.17, 15) is 9.59 Å². The highest BCUT2D eigenvalue weighted by Crippen LogP contribution is 2.40. The van der Waals surface area contributed by atoms with Crippen LogP contribution in [0.5, 0.6) is 0 Å². The third kappa shape index (κ3) is 3.31. The Hall–Kier alpha value is -3.69. The Balaban J connectivity index is 1.55. The van der Waals surface area contributed by atoms with Crippen molar-refractivity contribution < 1.29 is 9.59 Å². The first-order valence-electron chi connectivity index (χ1n) is 10.9. The zero-order chi connectivity index (χ0) is 22.4. The number of aryl methyl sites for hydroxylation is 2. The van der Waals surface area contributed by atoms with Gasteiger partial charge in [-0.3, -0.25) is 20.1 Å². The minimum atomic E-state index is -0.313. The predicted molar refractivity (Wildman–Crippen MR) is 122 cm³/mol. The number of piperidine rings is 1. The Morgan fingerprint density at radius 1 is 1.25 bits per heavy atom. The number of amides is 3. The third-order valence-corrected chi connectivity index (χ3v) is 6.05. The van der Waals surface area contributed by atoms with Gasteiger partial charge in [-0.1, -0.05) is 0 Å². The average molecular weight is 435 g/mol. The molecule has 2 bridgehead atoms. The topological polar surface area (TPSA) is 119 Å². The number of carbonyl (C=O) groups excluding carboxylic acids is 2. The number of aromatic amines is 1. The van der Waals surface area contributed by atoms with E-state index >= 15 is 0 Å². The lowest BCUT2D eigenvalue weighted by atomic mass is 9.98. The molecule has 32 heavy (non-hydrogen) atoms. The molecule has 1 fully saturated rings. The molecular formula is C22H26N8O2. The summed E-state index contributed by atoms with van der Waals surface area (Å²) in [5.74, 6) is 0.701. The van der Waals surface area contributed by atoms with Gasteiger partial charge < -0.3 is 10.2 Å². The van der Waals surface area contributed by atoms with Crippen LogP contribution >= 0.6 is 0 Å². The molecule has 0 saturated carbocycles. The monoisotopic (exact) mass is 434 g/mol. The zero-order valence-electron chi connectivity index (χ0n) is 18.4. The number of aromatic nitrogens is 4. The number of fused-ring (bicyclic) bond motifs is 5. The van der Waals surface area contributed by atoms with Crippen molar-refractivity contribution in [2.75, 3.05) is 34.8 Å². The minimum Gasteiger partial charge on any atom is -0.366 e. The molecule has 3 amide bonds. The van der Waals surface area contributed by atoms with Gasteiger partial charge in [-0.15, -0.1) is 0 Å². The van der Waals surface area contributed by atoms with Crippen LogP contribution in [0, 0.1) is 13.8 Å². The maximum Gasteiger partial charge on any atom is 0.329 e. The fraction of sp³-hybridized carbons (Fsp3) is 0.409. The van der Waals surface area contributed by atoms with Gasteiger partial charge in [0.05, 0.1) is 17.1 Å². The Morgan fingerprint density at radius 3 is 2.91 bits per heavy atom. The van der Waals surface area contributed by atoms with Gasteiger partial charge in [-0.2, -0.15) is 5.10 Å². The lowest BCUT2D eigenvalue weighted by Gasteiger charge is -2.46. The zero-order valence-corrected chi connectivity index (χ0v) is 18.4. The highest BCUT2D eigenvalue weighted by Gasteiger charge is 2.39. The first-order chi connectivity index (χ1) is 15.5. The Bertz CT molecular complexity index is 1220. The van der Waals surface area contributed by atoms with Gasteiger partial charge in [0, 0.05) is 25.3 Å². The molecule has 0 aliphatic carbocycles. The molecule has 5 heterocycles. The number of hydrogen-bond acceptors (Lipinski definition) is 6. The van der Waals surface area contributed by atoms with Gasteiger partial charge in [0.15, 0.2) is 17.3 Å². The molecule has 3 N–H and O–H groups in total. The number of hydrogen-bond donors (Lipinski definition) is 3. The van der Waals surface area contributed by atoms with Gasteiger partial charge in [0.2, 0.25) is 0 Å². The van der Waals surface area contributed by atoms with E-state index in [1.165, 1.54) is 0 Å². The lowest BCUT2D eigenvalue weighted by molar-refractivity contribution is 0.0950. The molecule has 166 valence electrons. The summed E-state index contributed by atoms with van der Waals surface area (Å²) in [6.07, 6.45) is 1.86. The number of nitrogens with zero attached hydrogens (tertiary/aromatic N) is 5. The predicted octanol–water partition coefficient (Wildman–Crippen LogP) is 2.74. The second kappa shape index (κ2) is 7.77. The molecule has 0 spiro atoms. The molecule has 1 atom stereocenters. The second-order valence-electron chi connectivity index (χ2n) is 8.32. The van der Waals surface area contributed by atoms with Crippen molar-refractivity contribution in [3.8, 4) is 0 Å². The first kappa shape index (κ1) is 20.2. The number of H-pyrrole nitrogens is 1. The van der Waals surface area contributed by atoms with Gasteiger partial charge in [-0.25, -0.2) is 14.8 Å². The van der Waals surface area contributed by atoms with E-state index in [1.807, 2.05) is 32.9 Å². The highest BCUT2D eigenvalue weighted by molar-refractivity contribution is 6.08. The van der Waals surface area contributed by atoms with E-state index in [0.717, 1.165) is 48.3 Å². The normalized spacial score (nSPS) is 17.3. The molecule has 10 nitrogen and oxygen atoms in total. The standard InChI is InChI=1S/C22H26N8O2/c1-4-23-21(31)16-10-12(2)17-20(25-16)30(14-6-5-9-29(17)11-14)22(32)26-19-15-8-7-13(3)24-18(15)27-28-19/h7-8,10,14H,4-6,9,11H2,1-3H3,(H,23,31)(H2,24,26,27,28,32). The molecule has 1 saturated heterocycles. The molecule has 5 rings (SSSR count). The molecule has 2 aliphatic heterocycles. The van der Waals surface area contributed by atoms with Crippen LogP contribution in [0.3, 0.4) is 0 Å². The van der Waals surface area contributed by atoms with Gasteiger partial charge >= 0.3 is 6.03 Å². The summed E-state index contributed by atoms with van der Waals surface area (Å²) in [7, 11) is 0. The molecule has 3 aromatic rings. The van der Waals surface area contributed by atoms with Crippen molar-refractivity contribution in [2.45, 2.75) is 39.7 Å². The Morgan fingerprint density at radius 2 is 2.09 bits per heavy atom. The summed E-state index contributed by atoms with van der Waals surface area (Å²) < 4.78 is 0. The largest absolute Gasteiger partial charge is 0.366 e.